The van der Waals surface area contributed by atoms with E-state index < -0.39 is 0 Å². The van der Waals surface area contributed by atoms with E-state index in [0.29, 0.717) is 0 Å². The Morgan fingerprint density at radius 2 is 0.778 bits per heavy atom. The third-order valence-corrected chi connectivity index (χ3v) is 3.49. The van der Waals surface area contributed by atoms with Crippen LogP contribution >= 0.6 is 0 Å². The molecule has 0 nitrogen and oxygen atoms in total. The molecule has 2 heteroatoms. The first-order valence-corrected chi connectivity index (χ1v) is 7.97. The van der Waals surface area contributed by atoms with Gasteiger partial charge in [0.2, 0.25) is 0 Å². The number of alkyl halides is 1. The molecule has 0 radical (unpaired) electrons. The zero-order valence-corrected chi connectivity index (χ0v) is 12.0. The van der Waals surface area contributed by atoms with Gasteiger partial charge in [0.05, 0.1) is 6.67 Å². The Labute approximate surface area is 137 Å². The summed E-state index contributed by atoms with van der Waals surface area (Å²) in [5, 5.41) is 0. The van der Waals surface area contributed by atoms with Crippen LogP contribution in [-0.2, 0) is 0 Å². The molecular formula is C16H34FNa. The minimum atomic E-state index is -0.127. The molecule has 0 aliphatic rings. The van der Waals surface area contributed by atoms with Gasteiger partial charge in [-0.2, -0.15) is 0 Å². The molecule has 0 atom stereocenters. The summed E-state index contributed by atoms with van der Waals surface area (Å²) < 4.78 is 11.8. The Kier molecular flexibility index (Phi) is 23.9. The molecule has 18 heavy (non-hydrogen) atoms. The predicted octanol–water partition coefficient (Wildman–Crippen LogP) is 5.79. The topological polar surface area (TPSA) is 0 Å². The van der Waals surface area contributed by atoms with Crippen LogP contribution in [0.2, 0.25) is 0 Å². The van der Waals surface area contributed by atoms with E-state index in [1.165, 1.54) is 77.0 Å². The van der Waals surface area contributed by atoms with Gasteiger partial charge in [0.1, 0.15) is 0 Å². The average molecular weight is 268 g/mol. The van der Waals surface area contributed by atoms with E-state index in [4.69, 9.17) is 0 Å². The second-order valence-electron chi connectivity index (χ2n) is 5.29. The maximum atomic E-state index is 11.8. The Hall–Kier alpha value is 0.930. The van der Waals surface area contributed by atoms with Crippen molar-refractivity contribution in [2.24, 2.45) is 0 Å². The molecule has 0 amide bonds. The fraction of sp³-hybridized carbons (Fsp3) is 1.00. The molecule has 0 bridgehead atoms. The molecule has 0 N–H and O–H groups in total. The zero-order chi connectivity index (χ0) is 12.6. The Morgan fingerprint density at radius 1 is 0.500 bits per heavy atom. The fourth-order valence-electron chi connectivity index (χ4n) is 2.29. The summed E-state index contributed by atoms with van der Waals surface area (Å²) in [6.07, 6.45) is 18.5. The van der Waals surface area contributed by atoms with Crippen LogP contribution in [0.3, 0.4) is 0 Å². The van der Waals surface area contributed by atoms with Crippen molar-refractivity contribution in [1.29, 1.82) is 0 Å². The quantitative estimate of drug-likeness (QED) is 0.276. The van der Waals surface area contributed by atoms with Gasteiger partial charge in [0.15, 0.2) is 0 Å². The van der Waals surface area contributed by atoms with Crippen molar-refractivity contribution in [2.75, 3.05) is 6.67 Å². The zero-order valence-electron chi connectivity index (χ0n) is 12.0. The first-order valence-electron chi connectivity index (χ1n) is 7.97. The van der Waals surface area contributed by atoms with Gasteiger partial charge < -0.3 is 0 Å². The molecule has 0 rings (SSSR count). The van der Waals surface area contributed by atoms with Gasteiger partial charge in [-0.1, -0.05) is 90.4 Å². The van der Waals surface area contributed by atoms with Gasteiger partial charge in [0, 0.05) is 0 Å². The van der Waals surface area contributed by atoms with Crippen LogP contribution < -0.4 is 0 Å². The van der Waals surface area contributed by atoms with Crippen LogP contribution in [0, 0.1) is 0 Å². The standard InChI is InChI=1S/C16H33F.Na.H/c1-2-3-4-5-6-7-8-9-10-11-12-13-14-15-16-17;;/h2-16H2,1H3;;. The normalized spacial score (nSPS) is 10.3. The molecule has 0 aliphatic heterocycles. The van der Waals surface area contributed by atoms with E-state index in [2.05, 4.69) is 6.92 Å². The van der Waals surface area contributed by atoms with Gasteiger partial charge in [0.25, 0.3) is 0 Å². The summed E-state index contributed by atoms with van der Waals surface area (Å²) in [7, 11) is 0. The van der Waals surface area contributed by atoms with Crippen molar-refractivity contribution < 1.29 is 4.39 Å². The predicted molar refractivity (Wildman–Crippen MR) is 83.4 cm³/mol. The number of hydrogen-bond donors (Lipinski definition) is 0. The molecule has 0 aromatic rings. The van der Waals surface area contributed by atoms with Gasteiger partial charge in [-0.25, -0.2) is 0 Å². The molecule has 0 spiro atoms. The summed E-state index contributed by atoms with van der Waals surface area (Å²) >= 11 is 0. The molecule has 0 fully saturated rings. The third-order valence-electron chi connectivity index (χ3n) is 3.49. The maximum absolute atomic E-state index is 11.8. The van der Waals surface area contributed by atoms with Crippen LogP contribution in [0.25, 0.3) is 0 Å². The minimum absolute atomic E-state index is 0. The molecule has 0 saturated heterocycles. The molecule has 106 valence electrons. The van der Waals surface area contributed by atoms with E-state index >= 15 is 0 Å². The van der Waals surface area contributed by atoms with Crippen molar-refractivity contribution in [3.05, 3.63) is 0 Å². The van der Waals surface area contributed by atoms with Crippen LogP contribution in [0.15, 0.2) is 0 Å². The van der Waals surface area contributed by atoms with Crippen molar-refractivity contribution in [1.82, 2.24) is 0 Å². The van der Waals surface area contributed by atoms with Gasteiger partial charge in [-0.15, -0.1) is 0 Å². The van der Waals surface area contributed by atoms with Crippen molar-refractivity contribution in [2.45, 2.75) is 96.8 Å². The second-order valence-corrected chi connectivity index (χ2v) is 5.29. The van der Waals surface area contributed by atoms with Crippen LogP contribution in [0.4, 0.5) is 4.39 Å². The van der Waals surface area contributed by atoms with Gasteiger partial charge in [-0.3, -0.25) is 4.39 Å². The van der Waals surface area contributed by atoms with Crippen LogP contribution in [0.5, 0.6) is 0 Å². The van der Waals surface area contributed by atoms with E-state index in [9.17, 15) is 4.39 Å². The molecule has 0 unspecified atom stereocenters. The van der Waals surface area contributed by atoms with Crippen LogP contribution in [-0.4, -0.2) is 36.2 Å². The number of halogens is 1. The molecular weight excluding hydrogens is 234 g/mol. The Balaban J connectivity index is 0. The van der Waals surface area contributed by atoms with Crippen molar-refractivity contribution in [3.8, 4) is 0 Å². The fourth-order valence-corrected chi connectivity index (χ4v) is 2.29. The van der Waals surface area contributed by atoms with Crippen LogP contribution in [0.1, 0.15) is 96.8 Å². The van der Waals surface area contributed by atoms with Crippen molar-refractivity contribution >= 4 is 29.6 Å². The first-order chi connectivity index (χ1) is 8.41. The number of unbranched alkanes of at least 4 members (excludes halogenated alkanes) is 13. The average Bonchev–Trinajstić information content (AvgIpc) is 2.35. The summed E-state index contributed by atoms with van der Waals surface area (Å²) in [4.78, 5) is 0. The number of hydrogen-bond acceptors (Lipinski definition) is 0. The Bertz CT molecular complexity index is 114. The third kappa shape index (κ3) is 19.3. The first kappa shape index (κ1) is 21.2. The van der Waals surface area contributed by atoms with E-state index in [0.717, 1.165) is 12.8 Å². The Morgan fingerprint density at radius 3 is 1.06 bits per heavy atom. The molecule has 0 saturated carbocycles. The van der Waals surface area contributed by atoms with Gasteiger partial charge in [-0.05, 0) is 6.42 Å². The molecule has 0 aromatic carbocycles. The molecule has 0 heterocycles. The summed E-state index contributed by atoms with van der Waals surface area (Å²) in [6.45, 7) is 2.14. The van der Waals surface area contributed by atoms with E-state index in [1.807, 2.05) is 0 Å². The van der Waals surface area contributed by atoms with E-state index in [1.54, 1.807) is 0 Å². The SMILES string of the molecule is CCCCCCCCCCCCCCCCF.[NaH]. The van der Waals surface area contributed by atoms with E-state index in [-0.39, 0.29) is 36.2 Å². The summed E-state index contributed by atoms with van der Waals surface area (Å²) in [5.74, 6) is 0. The van der Waals surface area contributed by atoms with Crippen molar-refractivity contribution in [3.63, 3.8) is 0 Å². The molecule has 0 aromatic heterocycles. The monoisotopic (exact) mass is 268 g/mol. The van der Waals surface area contributed by atoms with Gasteiger partial charge >= 0.3 is 29.6 Å². The summed E-state index contributed by atoms with van der Waals surface area (Å²) in [6, 6.07) is 0. The molecule has 0 aliphatic carbocycles. The second kappa shape index (κ2) is 20.3. The summed E-state index contributed by atoms with van der Waals surface area (Å²) in [5.41, 5.74) is 0. The number of rotatable bonds is 14.